The van der Waals surface area contributed by atoms with Gasteiger partial charge in [0.05, 0.1) is 5.41 Å². The van der Waals surface area contributed by atoms with Gasteiger partial charge in [-0.25, -0.2) is 4.79 Å². The molecule has 1 aromatic rings. The first-order chi connectivity index (χ1) is 15.0. The number of likely N-dealkylation sites (tertiary alicyclic amines) is 2. The third-order valence-electron chi connectivity index (χ3n) is 6.20. The van der Waals surface area contributed by atoms with E-state index in [-0.39, 0.29) is 30.6 Å². The van der Waals surface area contributed by atoms with Gasteiger partial charge in [-0.2, -0.15) is 0 Å². The second-order valence-electron chi connectivity index (χ2n) is 8.10. The van der Waals surface area contributed by atoms with Gasteiger partial charge >= 0.3 is 6.09 Å². The van der Waals surface area contributed by atoms with Crippen molar-refractivity contribution >= 4 is 17.9 Å². The third kappa shape index (κ3) is 5.16. The van der Waals surface area contributed by atoms with Crippen molar-refractivity contribution in [2.75, 3.05) is 32.8 Å². The maximum absolute atomic E-state index is 13.6. The lowest BCUT2D eigenvalue weighted by Gasteiger charge is -2.42. The summed E-state index contributed by atoms with van der Waals surface area (Å²) in [4.78, 5) is 41.2. The summed E-state index contributed by atoms with van der Waals surface area (Å²) in [5, 5.41) is 3.19. The van der Waals surface area contributed by atoms with Crippen molar-refractivity contribution in [1.82, 2.24) is 15.1 Å². The topological polar surface area (TPSA) is 79.0 Å². The van der Waals surface area contributed by atoms with Gasteiger partial charge in [-0.05, 0) is 37.3 Å². The van der Waals surface area contributed by atoms with E-state index in [1.54, 1.807) is 9.80 Å². The lowest BCUT2D eigenvalue weighted by Crippen LogP contribution is -2.57. The Hall–Kier alpha value is -3.09. The molecule has 2 heterocycles. The van der Waals surface area contributed by atoms with Gasteiger partial charge < -0.3 is 19.9 Å². The van der Waals surface area contributed by atoms with Crippen molar-refractivity contribution in [3.63, 3.8) is 0 Å². The van der Waals surface area contributed by atoms with E-state index >= 15 is 0 Å². The molecule has 2 saturated heterocycles. The van der Waals surface area contributed by atoms with E-state index in [0.29, 0.717) is 39.0 Å². The van der Waals surface area contributed by atoms with Gasteiger partial charge in [0.25, 0.3) is 0 Å². The van der Waals surface area contributed by atoms with Crippen LogP contribution in [0, 0.1) is 0 Å². The Balaban J connectivity index is 1.72. The SMILES string of the molecule is C=CCOC(=O)N1CCCC(NC(=O)C2(c3ccccc3)CCN(C(=O)C=C)CC2)C1. The molecule has 0 aromatic heterocycles. The summed E-state index contributed by atoms with van der Waals surface area (Å²) < 4.78 is 5.14. The number of carbonyl (C=O) groups is 3. The average Bonchev–Trinajstić information content (AvgIpc) is 2.82. The van der Waals surface area contributed by atoms with E-state index in [4.69, 9.17) is 4.74 Å². The molecular weight excluding hydrogens is 394 g/mol. The summed E-state index contributed by atoms with van der Waals surface area (Å²) in [6.07, 6.45) is 5.16. The molecule has 166 valence electrons. The fourth-order valence-electron chi connectivity index (χ4n) is 4.45. The number of hydrogen-bond donors (Lipinski definition) is 1. The van der Waals surface area contributed by atoms with Crippen LogP contribution in [0.25, 0.3) is 0 Å². The second-order valence-corrected chi connectivity index (χ2v) is 8.10. The monoisotopic (exact) mass is 425 g/mol. The predicted octanol–water partition coefficient (Wildman–Crippen LogP) is 2.64. The lowest BCUT2D eigenvalue weighted by molar-refractivity contribution is -0.134. The number of rotatable bonds is 6. The Bertz CT molecular complexity index is 815. The summed E-state index contributed by atoms with van der Waals surface area (Å²) in [5.41, 5.74) is 0.251. The summed E-state index contributed by atoms with van der Waals surface area (Å²) >= 11 is 0. The number of nitrogens with zero attached hydrogens (tertiary/aromatic N) is 2. The zero-order chi connectivity index (χ0) is 22.3. The highest BCUT2D eigenvalue weighted by atomic mass is 16.6. The first-order valence-corrected chi connectivity index (χ1v) is 10.8. The summed E-state index contributed by atoms with van der Waals surface area (Å²) in [6.45, 7) is 9.33. The van der Waals surface area contributed by atoms with E-state index in [2.05, 4.69) is 18.5 Å². The quantitative estimate of drug-likeness (QED) is 0.561. The van der Waals surface area contributed by atoms with Gasteiger partial charge in [0.15, 0.2) is 0 Å². The summed E-state index contributed by atoms with van der Waals surface area (Å²) in [7, 11) is 0. The van der Waals surface area contributed by atoms with Crippen LogP contribution in [0.5, 0.6) is 0 Å². The van der Waals surface area contributed by atoms with Gasteiger partial charge in [0.1, 0.15) is 6.61 Å². The van der Waals surface area contributed by atoms with Crippen molar-refractivity contribution in [2.45, 2.75) is 37.1 Å². The van der Waals surface area contributed by atoms with Gasteiger partial charge in [0.2, 0.25) is 11.8 Å². The van der Waals surface area contributed by atoms with Crippen LogP contribution in [0.1, 0.15) is 31.2 Å². The molecule has 3 rings (SSSR count). The number of hydrogen-bond acceptors (Lipinski definition) is 4. The van der Waals surface area contributed by atoms with E-state index in [0.717, 1.165) is 18.4 Å². The number of nitrogens with one attached hydrogen (secondary N) is 1. The number of piperidine rings is 2. The molecule has 2 fully saturated rings. The highest BCUT2D eigenvalue weighted by molar-refractivity contribution is 5.90. The smallest absolute Gasteiger partial charge is 0.410 e. The fourth-order valence-corrected chi connectivity index (χ4v) is 4.45. The van der Waals surface area contributed by atoms with Crippen molar-refractivity contribution in [1.29, 1.82) is 0 Å². The molecule has 31 heavy (non-hydrogen) atoms. The van der Waals surface area contributed by atoms with Crippen molar-refractivity contribution in [3.8, 4) is 0 Å². The molecule has 0 spiro atoms. The van der Waals surface area contributed by atoms with Crippen molar-refractivity contribution in [3.05, 3.63) is 61.2 Å². The minimum Gasteiger partial charge on any atom is -0.445 e. The zero-order valence-corrected chi connectivity index (χ0v) is 17.9. The molecular formula is C24H31N3O4. The fraction of sp³-hybridized carbons (Fsp3) is 0.458. The molecule has 1 atom stereocenters. The molecule has 1 aromatic carbocycles. The Labute approximate surface area is 183 Å². The first-order valence-electron chi connectivity index (χ1n) is 10.8. The Morgan fingerprint density at radius 2 is 1.81 bits per heavy atom. The summed E-state index contributed by atoms with van der Waals surface area (Å²) in [5.74, 6) is -0.154. The maximum Gasteiger partial charge on any atom is 0.410 e. The van der Waals surface area contributed by atoms with Crippen LogP contribution in [0.2, 0.25) is 0 Å². The minimum absolute atomic E-state index is 0.0456. The van der Waals surface area contributed by atoms with Gasteiger partial charge in [0, 0.05) is 32.2 Å². The standard InChI is InChI=1S/C24H31N3O4/c1-3-17-31-23(30)27-14-8-11-20(18-27)25-22(29)24(19-9-6-5-7-10-19)12-15-26(16-13-24)21(28)4-2/h3-7,9-10,20H,1-2,8,11-18H2,(H,25,29). The van der Waals surface area contributed by atoms with E-state index in [1.165, 1.54) is 12.2 Å². The van der Waals surface area contributed by atoms with Crippen molar-refractivity contribution < 1.29 is 19.1 Å². The van der Waals surface area contributed by atoms with Gasteiger partial charge in [-0.1, -0.05) is 49.6 Å². The van der Waals surface area contributed by atoms with Crippen LogP contribution in [-0.2, 0) is 19.7 Å². The first kappa shape index (κ1) is 22.6. The number of carbonyl (C=O) groups excluding carboxylic acids is 3. The molecule has 2 aliphatic rings. The van der Waals surface area contributed by atoms with Crippen LogP contribution in [0.3, 0.4) is 0 Å². The van der Waals surface area contributed by atoms with Gasteiger partial charge in [-0.15, -0.1) is 0 Å². The second kappa shape index (κ2) is 10.3. The summed E-state index contributed by atoms with van der Waals surface area (Å²) in [6, 6.07) is 9.62. The normalized spacial score (nSPS) is 20.5. The van der Waals surface area contributed by atoms with E-state index in [9.17, 15) is 14.4 Å². The highest BCUT2D eigenvalue weighted by Crippen LogP contribution is 2.36. The van der Waals surface area contributed by atoms with Gasteiger partial charge in [-0.3, -0.25) is 9.59 Å². The molecule has 7 nitrogen and oxygen atoms in total. The number of amides is 3. The lowest BCUT2D eigenvalue weighted by atomic mass is 9.71. The molecule has 0 bridgehead atoms. The number of ether oxygens (including phenoxy) is 1. The molecule has 1 unspecified atom stereocenters. The third-order valence-corrected chi connectivity index (χ3v) is 6.20. The Morgan fingerprint density at radius 1 is 1.10 bits per heavy atom. The van der Waals surface area contributed by atoms with Crippen LogP contribution in [0.15, 0.2) is 55.6 Å². The predicted molar refractivity (Wildman–Crippen MR) is 118 cm³/mol. The largest absolute Gasteiger partial charge is 0.445 e. The Morgan fingerprint density at radius 3 is 2.45 bits per heavy atom. The molecule has 2 aliphatic heterocycles. The molecule has 3 amide bonds. The molecule has 0 saturated carbocycles. The van der Waals surface area contributed by atoms with E-state index in [1.807, 2.05) is 30.3 Å². The minimum atomic E-state index is -0.704. The van der Waals surface area contributed by atoms with E-state index < -0.39 is 5.41 Å². The molecule has 0 radical (unpaired) electrons. The number of benzene rings is 1. The van der Waals surface area contributed by atoms with Crippen LogP contribution < -0.4 is 5.32 Å². The zero-order valence-electron chi connectivity index (χ0n) is 17.9. The average molecular weight is 426 g/mol. The Kier molecular flexibility index (Phi) is 7.50. The van der Waals surface area contributed by atoms with Crippen molar-refractivity contribution in [2.24, 2.45) is 0 Å². The molecule has 1 N–H and O–H groups in total. The van der Waals surface area contributed by atoms with Crippen LogP contribution in [0.4, 0.5) is 4.79 Å². The highest BCUT2D eigenvalue weighted by Gasteiger charge is 2.44. The maximum atomic E-state index is 13.6. The van der Waals surface area contributed by atoms with Crippen LogP contribution >= 0.6 is 0 Å². The van der Waals surface area contributed by atoms with Crippen LogP contribution in [-0.4, -0.2) is 66.5 Å². The molecule has 7 heteroatoms. The molecule has 0 aliphatic carbocycles.